The van der Waals surface area contributed by atoms with Crippen LogP contribution in [0.5, 0.6) is 0 Å². The van der Waals surface area contributed by atoms with Crippen molar-refractivity contribution in [2.24, 2.45) is 7.05 Å². The first-order valence-electron chi connectivity index (χ1n) is 3.48. The maximum Gasteiger partial charge on any atom is 0.412 e. The minimum Gasteiger partial charge on any atom is -0.453 e. The van der Waals surface area contributed by atoms with E-state index in [0.29, 0.717) is 5.82 Å². The molecule has 12 heavy (non-hydrogen) atoms. The minimum absolute atomic E-state index is 0.503. The van der Waals surface area contributed by atoms with E-state index in [4.69, 9.17) is 0 Å². The summed E-state index contributed by atoms with van der Waals surface area (Å²) >= 11 is 0. The van der Waals surface area contributed by atoms with E-state index in [2.05, 4.69) is 15.2 Å². The van der Waals surface area contributed by atoms with Crippen LogP contribution >= 0.6 is 0 Å². The van der Waals surface area contributed by atoms with Gasteiger partial charge in [-0.05, 0) is 6.92 Å². The van der Waals surface area contributed by atoms with Crippen LogP contribution in [0.3, 0.4) is 0 Å². The second-order valence-electron chi connectivity index (χ2n) is 2.45. The van der Waals surface area contributed by atoms with Gasteiger partial charge in [-0.1, -0.05) is 0 Å². The van der Waals surface area contributed by atoms with Gasteiger partial charge in [0.25, 0.3) is 0 Å². The van der Waals surface area contributed by atoms with Gasteiger partial charge < -0.3 is 4.74 Å². The van der Waals surface area contributed by atoms with Crippen LogP contribution in [0.15, 0.2) is 6.20 Å². The number of methoxy groups -OCH3 is 1. The van der Waals surface area contributed by atoms with Crippen LogP contribution in [-0.4, -0.2) is 23.0 Å². The van der Waals surface area contributed by atoms with E-state index in [9.17, 15) is 4.79 Å². The topological polar surface area (TPSA) is 56.1 Å². The second-order valence-corrected chi connectivity index (χ2v) is 2.45. The van der Waals surface area contributed by atoms with Crippen LogP contribution < -0.4 is 5.32 Å². The maximum absolute atomic E-state index is 10.8. The van der Waals surface area contributed by atoms with Crippen LogP contribution in [0.4, 0.5) is 10.6 Å². The van der Waals surface area contributed by atoms with Crippen molar-refractivity contribution in [3.8, 4) is 0 Å². The Bertz CT molecular complexity index is 293. The maximum atomic E-state index is 10.8. The molecule has 0 bridgehead atoms. The summed E-state index contributed by atoms with van der Waals surface area (Å²) in [5.74, 6) is 0.532. The highest BCUT2D eigenvalue weighted by Gasteiger charge is 2.06. The van der Waals surface area contributed by atoms with Crippen molar-refractivity contribution in [3.63, 3.8) is 0 Å². The van der Waals surface area contributed by atoms with E-state index >= 15 is 0 Å². The molecule has 0 aliphatic carbocycles. The molecule has 5 heteroatoms. The minimum atomic E-state index is -0.503. The molecule has 5 nitrogen and oxygen atoms in total. The number of hydrogen-bond acceptors (Lipinski definition) is 3. The van der Waals surface area contributed by atoms with E-state index < -0.39 is 6.09 Å². The molecule has 1 heterocycles. The molecule has 0 saturated carbocycles. The quantitative estimate of drug-likeness (QED) is 0.679. The number of rotatable bonds is 1. The predicted molar refractivity (Wildman–Crippen MR) is 44.0 cm³/mol. The fourth-order valence-corrected chi connectivity index (χ4v) is 0.878. The zero-order valence-electron chi connectivity index (χ0n) is 7.29. The number of carbonyl (C=O) groups is 1. The number of aryl methyl sites for hydroxylation is 2. The van der Waals surface area contributed by atoms with Crippen LogP contribution in [-0.2, 0) is 11.8 Å². The average molecular weight is 169 g/mol. The first-order chi connectivity index (χ1) is 5.63. The van der Waals surface area contributed by atoms with Gasteiger partial charge in [-0.3, -0.25) is 10.00 Å². The van der Waals surface area contributed by atoms with Crippen molar-refractivity contribution in [2.75, 3.05) is 12.4 Å². The summed E-state index contributed by atoms with van der Waals surface area (Å²) in [4.78, 5) is 10.8. The van der Waals surface area contributed by atoms with Gasteiger partial charge in [0.05, 0.1) is 7.11 Å². The summed E-state index contributed by atoms with van der Waals surface area (Å²) in [6.45, 7) is 1.86. The van der Waals surface area contributed by atoms with Crippen molar-refractivity contribution in [1.29, 1.82) is 0 Å². The number of hydrogen-bond donors (Lipinski definition) is 1. The van der Waals surface area contributed by atoms with Crippen molar-refractivity contribution in [2.45, 2.75) is 6.92 Å². The Kier molecular flexibility index (Phi) is 2.32. The van der Waals surface area contributed by atoms with E-state index in [1.54, 1.807) is 11.7 Å². The second kappa shape index (κ2) is 3.25. The normalized spacial score (nSPS) is 9.58. The molecule has 0 aliphatic heterocycles. The molecule has 66 valence electrons. The van der Waals surface area contributed by atoms with Crippen LogP contribution in [0, 0.1) is 6.92 Å². The third kappa shape index (κ3) is 1.75. The van der Waals surface area contributed by atoms with E-state index in [1.165, 1.54) is 7.11 Å². The van der Waals surface area contributed by atoms with Gasteiger partial charge in [0, 0.05) is 18.8 Å². The highest BCUT2D eigenvalue weighted by atomic mass is 16.5. The Morgan fingerprint density at radius 3 is 2.83 bits per heavy atom. The highest BCUT2D eigenvalue weighted by Crippen LogP contribution is 2.09. The average Bonchev–Trinajstić information content (AvgIpc) is 2.30. The molecule has 0 aliphatic rings. The number of ether oxygens (including phenoxy) is 1. The molecule has 0 spiro atoms. The molecule has 1 N–H and O–H groups in total. The van der Waals surface area contributed by atoms with Crippen molar-refractivity contribution in [3.05, 3.63) is 11.8 Å². The van der Waals surface area contributed by atoms with Gasteiger partial charge in [0.1, 0.15) is 0 Å². The van der Waals surface area contributed by atoms with Gasteiger partial charge in [0.15, 0.2) is 5.82 Å². The zero-order chi connectivity index (χ0) is 9.14. The molecule has 1 amide bonds. The first kappa shape index (κ1) is 8.58. The molecule has 0 radical (unpaired) electrons. The summed E-state index contributed by atoms with van der Waals surface area (Å²) in [7, 11) is 3.10. The standard InChI is InChI=1S/C7H11N3O2/c1-5-4-10(2)9-6(5)8-7(11)12-3/h4H,1-3H3,(H,8,9,11). The number of nitrogens with zero attached hydrogens (tertiary/aromatic N) is 2. The fraction of sp³-hybridized carbons (Fsp3) is 0.429. The lowest BCUT2D eigenvalue weighted by molar-refractivity contribution is 0.187. The van der Waals surface area contributed by atoms with Gasteiger partial charge in [-0.15, -0.1) is 0 Å². The van der Waals surface area contributed by atoms with Crippen molar-refractivity contribution in [1.82, 2.24) is 9.78 Å². The molecule has 1 aromatic heterocycles. The largest absolute Gasteiger partial charge is 0.453 e. The van der Waals surface area contributed by atoms with Crippen molar-refractivity contribution >= 4 is 11.9 Å². The third-order valence-electron chi connectivity index (χ3n) is 1.42. The molecule has 0 saturated heterocycles. The predicted octanol–water partition coefficient (Wildman–Crippen LogP) is 0.907. The summed E-state index contributed by atoms with van der Waals surface area (Å²) in [5.41, 5.74) is 0.905. The Labute approximate surface area is 70.3 Å². The molecule has 0 atom stereocenters. The van der Waals surface area contributed by atoms with E-state index in [0.717, 1.165) is 5.56 Å². The summed E-state index contributed by atoms with van der Waals surface area (Å²) in [5, 5.41) is 6.49. The molecule has 0 unspecified atom stereocenters. The number of nitrogens with one attached hydrogen (secondary N) is 1. The van der Waals surface area contributed by atoms with Gasteiger partial charge >= 0.3 is 6.09 Å². The Balaban J connectivity index is 2.75. The lowest BCUT2D eigenvalue weighted by atomic mass is 10.4. The van der Waals surface area contributed by atoms with Crippen LogP contribution in [0.25, 0.3) is 0 Å². The van der Waals surface area contributed by atoms with E-state index in [-0.39, 0.29) is 0 Å². The number of carbonyl (C=O) groups excluding carboxylic acids is 1. The van der Waals surface area contributed by atoms with Gasteiger partial charge in [0.2, 0.25) is 0 Å². The lowest BCUT2D eigenvalue weighted by Crippen LogP contribution is -2.12. The molecule has 0 fully saturated rings. The summed E-state index contributed by atoms with van der Waals surface area (Å²) < 4.78 is 6.04. The fourth-order valence-electron chi connectivity index (χ4n) is 0.878. The van der Waals surface area contributed by atoms with Gasteiger partial charge in [-0.2, -0.15) is 5.10 Å². The first-order valence-corrected chi connectivity index (χ1v) is 3.48. The lowest BCUT2D eigenvalue weighted by Gasteiger charge is -1.99. The van der Waals surface area contributed by atoms with Gasteiger partial charge in [-0.25, -0.2) is 4.79 Å². The Hall–Kier alpha value is -1.52. The summed E-state index contributed by atoms with van der Waals surface area (Å²) in [6.07, 6.45) is 1.31. The summed E-state index contributed by atoms with van der Waals surface area (Å²) in [6, 6.07) is 0. The van der Waals surface area contributed by atoms with Crippen LogP contribution in [0.1, 0.15) is 5.56 Å². The number of amides is 1. The molecule has 1 rings (SSSR count). The Morgan fingerprint density at radius 2 is 2.42 bits per heavy atom. The molecule has 1 aromatic rings. The highest BCUT2D eigenvalue weighted by molar-refractivity contribution is 5.83. The monoisotopic (exact) mass is 169 g/mol. The van der Waals surface area contributed by atoms with E-state index in [1.807, 2.05) is 13.1 Å². The number of aromatic nitrogens is 2. The molecule has 0 aromatic carbocycles. The van der Waals surface area contributed by atoms with Crippen LogP contribution in [0.2, 0.25) is 0 Å². The SMILES string of the molecule is COC(=O)Nc1nn(C)cc1C. The zero-order valence-corrected chi connectivity index (χ0v) is 7.29. The molecular formula is C7H11N3O2. The third-order valence-corrected chi connectivity index (χ3v) is 1.42. The Morgan fingerprint density at radius 1 is 1.75 bits per heavy atom. The molecular weight excluding hydrogens is 158 g/mol. The smallest absolute Gasteiger partial charge is 0.412 e. The number of anilines is 1. The van der Waals surface area contributed by atoms with Crippen molar-refractivity contribution < 1.29 is 9.53 Å².